The van der Waals surface area contributed by atoms with Crippen molar-refractivity contribution in [2.75, 3.05) is 5.73 Å². The third-order valence-electron chi connectivity index (χ3n) is 3.24. The summed E-state index contributed by atoms with van der Waals surface area (Å²) >= 11 is 0. The van der Waals surface area contributed by atoms with Crippen molar-refractivity contribution in [3.63, 3.8) is 0 Å². The van der Waals surface area contributed by atoms with Crippen molar-refractivity contribution < 1.29 is 19.2 Å². The summed E-state index contributed by atoms with van der Waals surface area (Å²) in [5.41, 5.74) is 3.85. The second-order valence-corrected chi connectivity index (χ2v) is 4.57. The van der Waals surface area contributed by atoms with Gasteiger partial charge in [0.1, 0.15) is 11.6 Å². The number of rotatable bonds is 1. The molecule has 21 heavy (non-hydrogen) atoms. The Bertz CT molecular complexity index is 1100. The van der Waals surface area contributed by atoms with Crippen LogP contribution in [0.1, 0.15) is 40.7 Å². The number of nitrogens with zero attached hydrogens (tertiary/aromatic N) is 2. The SMILES string of the molecule is [2H]c1cc([2H])c2nc(C([2H])([2H])[2H])n(C3([2H])CC([2H])C(=O)CC3=O)c(=O)c2c1N. The van der Waals surface area contributed by atoms with Gasteiger partial charge in [0.2, 0.25) is 0 Å². The summed E-state index contributed by atoms with van der Waals surface area (Å²) in [4.78, 5) is 41.2. The molecule has 2 unspecified atom stereocenters. The minimum Gasteiger partial charge on any atom is -0.398 e. The Labute approximate surface area is 130 Å². The van der Waals surface area contributed by atoms with Crippen molar-refractivity contribution in [3.8, 4) is 0 Å². The molecule has 0 radical (unpaired) electrons. The van der Waals surface area contributed by atoms with Gasteiger partial charge in [0.25, 0.3) is 5.56 Å². The lowest BCUT2D eigenvalue weighted by Gasteiger charge is -2.24. The van der Waals surface area contributed by atoms with Crippen molar-refractivity contribution in [2.45, 2.75) is 32.1 Å². The minimum atomic E-state index is -3.04. The van der Waals surface area contributed by atoms with Crippen LogP contribution in [0.25, 0.3) is 10.9 Å². The molecule has 108 valence electrons. The average Bonchev–Trinajstić information content (AvgIpc) is 2.56. The lowest BCUT2D eigenvalue weighted by Crippen LogP contribution is -2.36. The largest absolute Gasteiger partial charge is 0.398 e. The molecule has 0 saturated heterocycles. The Balaban J connectivity index is 2.50. The average molecular weight is 292 g/mol. The van der Waals surface area contributed by atoms with Crippen LogP contribution in [0.5, 0.6) is 0 Å². The fourth-order valence-electron chi connectivity index (χ4n) is 2.25. The summed E-state index contributed by atoms with van der Waals surface area (Å²) in [5, 5.41) is -0.455. The topological polar surface area (TPSA) is 95.0 Å². The Morgan fingerprint density at radius 1 is 1.52 bits per heavy atom. The predicted molar refractivity (Wildman–Crippen MR) is 78.1 cm³/mol. The number of anilines is 1. The van der Waals surface area contributed by atoms with E-state index in [4.69, 9.17) is 15.3 Å². The third kappa shape index (κ3) is 2.12. The molecule has 2 aromatic rings. The van der Waals surface area contributed by atoms with Gasteiger partial charge in [-0.25, -0.2) is 4.98 Å². The van der Waals surface area contributed by atoms with Gasteiger partial charge in [-0.3, -0.25) is 19.0 Å². The molecule has 1 aliphatic carbocycles. The number of hydrogen-bond acceptors (Lipinski definition) is 5. The number of aryl methyl sites for hydroxylation is 1. The van der Waals surface area contributed by atoms with E-state index < -0.39 is 66.5 Å². The summed E-state index contributed by atoms with van der Waals surface area (Å²) in [6, 6.07) is -2.33. The normalized spacial score (nSPS) is 31.6. The Hall–Kier alpha value is -2.50. The molecule has 0 spiro atoms. The maximum Gasteiger partial charge on any atom is 0.264 e. The van der Waals surface area contributed by atoms with Crippen molar-refractivity contribution in [2.24, 2.45) is 0 Å². The Kier molecular flexibility index (Phi) is 1.71. The van der Waals surface area contributed by atoms with Gasteiger partial charge in [-0.2, -0.15) is 0 Å². The number of aromatic nitrogens is 2. The summed E-state index contributed by atoms with van der Waals surface area (Å²) in [6.07, 6.45) is -3.01. The highest BCUT2D eigenvalue weighted by Crippen LogP contribution is 2.24. The molecule has 2 atom stereocenters. The van der Waals surface area contributed by atoms with Crippen LogP contribution in [0, 0.1) is 6.85 Å². The van der Waals surface area contributed by atoms with E-state index in [1.54, 1.807) is 0 Å². The molecule has 1 saturated carbocycles. The number of Topliss-reactive ketones (excluding diaryl/α,β-unsaturated/α-hetero) is 2. The smallest absolute Gasteiger partial charge is 0.264 e. The van der Waals surface area contributed by atoms with Crippen LogP contribution < -0.4 is 11.3 Å². The molecule has 3 rings (SSSR count). The zero-order valence-corrected chi connectivity index (χ0v) is 10.8. The summed E-state index contributed by atoms with van der Waals surface area (Å²) in [6.45, 7) is -3.04. The van der Waals surface area contributed by atoms with Gasteiger partial charge in [-0.15, -0.1) is 0 Å². The van der Waals surface area contributed by atoms with E-state index in [1.807, 2.05) is 0 Å². The second kappa shape index (κ2) is 4.80. The highest BCUT2D eigenvalue weighted by atomic mass is 16.2. The standard InChI is InChI=1S/C15H15N3O3/c1-8-17-11-4-2-3-10(16)14(11)15(21)18(8)12-6-5-9(19)7-13(12)20/h2-4,12H,5-7,16H2,1H3/i1D3,3D,4D,5D,12D. The first-order chi connectivity index (χ1) is 12.8. The quantitative estimate of drug-likeness (QED) is 0.628. The van der Waals surface area contributed by atoms with Gasteiger partial charge in [0.05, 0.1) is 27.5 Å². The third-order valence-corrected chi connectivity index (χ3v) is 3.24. The number of carbonyl (C=O) groups is 2. The molecule has 6 heteroatoms. The Morgan fingerprint density at radius 2 is 2.33 bits per heavy atom. The van der Waals surface area contributed by atoms with Crippen LogP contribution in [0.4, 0.5) is 5.69 Å². The lowest BCUT2D eigenvalue weighted by molar-refractivity contribution is -0.132. The molecule has 0 aliphatic heterocycles. The van der Waals surface area contributed by atoms with Crippen LogP contribution in [-0.4, -0.2) is 21.1 Å². The summed E-state index contributed by atoms with van der Waals surface area (Å²) in [5.74, 6) is -2.69. The molecule has 2 N–H and O–H groups in total. The molecule has 0 bridgehead atoms. The molecule has 1 aromatic heterocycles. The number of nitrogens with two attached hydrogens (primary N) is 1. The fraction of sp³-hybridized carbons (Fsp3) is 0.333. The van der Waals surface area contributed by atoms with Crippen LogP contribution >= 0.6 is 0 Å². The van der Waals surface area contributed by atoms with E-state index in [0.717, 1.165) is 6.07 Å². The molecule has 1 fully saturated rings. The molecular formula is C15H15N3O3. The van der Waals surface area contributed by atoms with Crippen molar-refractivity contribution in [1.29, 1.82) is 0 Å². The van der Waals surface area contributed by atoms with Crippen LogP contribution in [0.2, 0.25) is 0 Å². The predicted octanol–water partition coefficient (Wildman–Crippen LogP) is 1.15. The van der Waals surface area contributed by atoms with Crippen LogP contribution in [0.3, 0.4) is 0 Å². The van der Waals surface area contributed by atoms with Crippen molar-refractivity contribution >= 4 is 28.2 Å². The fourth-order valence-corrected chi connectivity index (χ4v) is 2.25. The molecule has 1 heterocycles. The number of benzene rings is 1. The molecule has 1 aromatic carbocycles. The van der Waals surface area contributed by atoms with E-state index in [0.29, 0.717) is 4.57 Å². The van der Waals surface area contributed by atoms with Crippen LogP contribution in [-0.2, 0) is 9.59 Å². The first-order valence-electron chi connectivity index (χ1n) is 9.68. The number of hydrogen-bond donors (Lipinski definition) is 1. The van der Waals surface area contributed by atoms with Gasteiger partial charge in [-0.1, -0.05) is 6.07 Å². The lowest BCUT2D eigenvalue weighted by atomic mass is 9.92. The van der Waals surface area contributed by atoms with E-state index in [2.05, 4.69) is 4.98 Å². The maximum absolute atomic E-state index is 13.2. The summed E-state index contributed by atoms with van der Waals surface area (Å²) < 4.78 is 55.3. The molecule has 6 nitrogen and oxygen atoms in total. The van der Waals surface area contributed by atoms with E-state index >= 15 is 0 Å². The monoisotopic (exact) mass is 292 g/mol. The van der Waals surface area contributed by atoms with Gasteiger partial charge in [0.15, 0.2) is 5.78 Å². The van der Waals surface area contributed by atoms with Gasteiger partial charge >= 0.3 is 0 Å². The Morgan fingerprint density at radius 3 is 3.10 bits per heavy atom. The molecule has 1 aliphatic rings. The van der Waals surface area contributed by atoms with E-state index in [9.17, 15) is 14.4 Å². The van der Waals surface area contributed by atoms with Crippen molar-refractivity contribution in [1.82, 2.24) is 9.55 Å². The molecule has 0 amide bonds. The van der Waals surface area contributed by atoms with E-state index in [1.165, 1.54) is 0 Å². The zero-order chi connectivity index (χ0) is 21.2. The van der Waals surface area contributed by atoms with E-state index in [-0.39, 0.29) is 17.2 Å². The second-order valence-electron chi connectivity index (χ2n) is 4.57. The summed E-state index contributed by atoms with van der Waals surface area (Å²) in [7, 11) is 0. The highest BCUT2D eigenvalue weighted by molar-refractivity contribution is 6.03. The number of nitrogen functional groups attached to an aromatic ring is 1. The molecular weight excluding hydrogens is 270 g/mol. The first kappa shape index (κ1) is 7.49. The number of carbonyl (C=O) groups excluding carboxylic acids is 2. The van der Waals surface area contributed by atoms with Gasteiger partial charge in [-0.05, 0) is 25.4 Å². The highest BCUT2D eigenvalue weighted by Gasteiger charge is 2.30. The van der Waals surface area contributed by atoms with Gasteiger partial charge < -0.3 is 5.73 Å². The zero-order valence-electron chi connectivity index (χ0n) is 17.8. The van der Waals surface area contributed by atoms with Crippen LogP contribution in [0.15, 0.2) is 22.9 Å². The van der Waals surface area contributed by atoms with Gasteiger partial charge in [0, 0.05) is 17.6 Å². The van der Waals surface area contributed by atoms with Crippen molar-refractivity contribution in [3.05, 3.63) is 34.3 Å². The number of ketones is 2. The maximum atomic E-state index is 13.2. The minimum absolute atomic E-state index is 0.341. The number of fused-ring (bicyclic) bond motifs is 1. The first-order valence-corrected chi connectivity index (χ1v) is 6.10.